The van der Waals surface area contributed by atoms with Gasteiger partial charge in [0.15, 0.2) is 0 Å². The van der Waals surface area contributed by atoms with Crippen LogP contribution < -0.4 is 0 Å². The second-order valence-corrected chi connectivity index (χ2v) is 6.08. The van der Waals surface area contributed by atoms with Gasteiger partial charge in [0.05, 0.1) is 11.5 Å². The first-order valence-corrected chi connectivity index (χ1v) is 9.07. The molecule has 7 heteroatoms. The summed E-state index contributed by atoms with van der Waals surface area (Å²) >= 11 is 0. The minimum Gasteiger partial charge on any atom is -0.466 e. The molecule has 0 bridgehead atoms. The van der Waals surface area contributed by atoms with Gasteiger partial charge in [0, 0.05) is 25.0 Å². The van der Waals surface area contributed by atoms with Crippen LogP contribution >= 0.6 is 0 Å². The van der Waals surface area contributed by atoms with Crippen LogP contribution in [0.1, 0.15) is 63.9 Å². The Balaban J connectivity index is 2.12. The van der Waals surface area contributed by atoms with E-state index in [4.69, 9.17) is 9.47 Å². The number of non-ortho nitro benzene ring substituents is 1. The number of hydrogen-bond acceptors (Lipinski definition) is 6. The Hall–Kier alpha value is -2.44. The minimum absolute atomic E-state index is 0.0251. The van der Waals surface area contributed by atoms with Crippen LogP contribution in [0.15, 0.2) is 24.3 Å². The van der Waals surface area contributed by atoms with Gasteiger partial charge in [-0.1, -0.05) is 44.7 Å². The van der Waals surface area contributed by atoms with Crippen molar-refractivity contribution < 1.29 is 24.0 Å². The minimum atomic E-state index is -0.499. The molecule has 1 rings (SSSR count). The van der Waals surface area contributed by atoms with E-state index in [-0.39, 0.29) is 31.1 Å². The summed E-state index contributed by atoms with van der Waals surface area (Å²) in [7, 11) is 0. The maximum Gasteiger partial charge on any atom is 0.306 e. The molecule has 0 aliphatic heterocycles. The first-order valence-electron chi connectivity index (χ1n) is 9.07. The molecule has 0 amide bonds. The maximum atomic E-state index is 11.7. The van der Waals surface area contributed by atoms with Crippen LogP contribution in [-0.4, -0.2) is 23.5 Å². The van der Waals surface area contributed by atoms with Gasteiger partial charge < -0.3 is 9.47 Å². The number of ether oxygens (including phenoxy) is 2. The normalized spacial score (nSPS) is 10.3. The number of benzene rings is 1. The number of esters is 2. The predicted molar refractivity (Wildman–Crippen MR) is 96.5 cm³/mol. The molecule has 1 aromatic rings. The number of unbranched alkanes of at least 4 members (excludes halogenated alkanes) is 4. The number of nitro groups is 1. The number of rotatable bonds is 13. The van der Waals surface area contributed by atoms with Crippen molar-refractivity contribution in [1.82, 2.24) is 0 Å². The zero-order chi connectivity index (χ0) is 19.2. The first-order chi connectivity index (χ1) is 12.5. The Morgan fingerprint density at radius 2 is 1.69 bits per heavy atom. The van der Waals surface area contributed by atoms with E-state index in [2.05, 4.69) is 6.92 Å². The van der Waals surface area contributed by atoms with E-state index in [9.17, 15) is 19.7 Å². The van der Waals surface area contributed by atoms with Crippen molar-refractivity contribution in [3.8, 4) is 0 Å². The molecule has 7 nitrogen and oxygen atoms in total. The number of hydrogen-bond donors (Lipinski definition) is 0. The Morgan fingerprint density at radius 3 is 2.38 bits per heavy atom. The predicted octanol–water partition coefficient (Wildman–Crippen LogP) is 4.32. The molecule has 0 spiro atoms. The van der Waals surface area contributed by atoms with Crippen LogP contribution in [-0.2, 0) is 25.7 Å². The van der Waals surface area contributed by atoms with E-state index in [0.717, 1.165) is 19.3 Å². The van der Waals surface area contributed by atoms with Gasteiger partial charge in [0.2, 0.25) is 0 Å². The summed E-state index contributed by atoms with van der Waals surface area (Å²) in [5.74, 6) is -0.740. The molecule has 0 heterocycles. The standard InChI is InChI=1S/C19H27NO6/c1-2-3-4-5-6-13-25-18(21)11-8-12-19(22)26-15-16-9-7-10-17(14-16)20(23)24/h7,9-10,14H,2-6,8,11-13,15H2,1H3. The fourth-order valence-electron chi connectivity index (χ4n) is 2.34. The lowest BCUT2D eigenvalue weighted by atomic mass is 10.2. The zero-order valence-corrected chi connectivity index (χ0v) is 15.3. The highest BCUT2D eigenvalue weighted by Gasteiger charge is 2.09. The third-order valence-electron chi connectivity index (χ3n) is 3.79. The number of nitrogens with zero attached hydrogens (tertiary/aromatic N) is 1. The topological polar surface area (TPSA) is 95.7 Å². The molecule has 0 atom stereocenters. The summed E-state index contributed by atoms with van der Waals surface area (Å²) < 4.78 is 10.2. The fraction of sp³-hybridized carbons (Fsp3) is 0.579. The van der Waals surface area contributed by atoms with Gasteiger partial charge in [0.1, 0.15) is 6.61 Å². The van der Waals surface area contributed by atoms with Gasteiger partial charge in [0.25, 0.3) is 5.69 Å². The van der Waals surface area contributed by atoms with E-state index < -0.39 is 10.9 Å². The van der Waals surface area contributed by atoms with Crippen molar-refractivity contribution in [2.45, 2.75) is 64.9 Å². The highest BCUT2D eigenvalue weighted by molar-refractivity contribution is 5.72. The smallest absolute Gasteiger partial charge is 0.306 e. The van der Waals surface area contributed by atoms with Gasteiger partial charge in [-0.2, -0.15) is 0 Å². The molecule has 26 heavy (non-hydrogen) atoms. The molecule has 0 aliphatic rings. The van der Waals surface area contributed by atoms with Gasteiger partial charge in [-0.25, -0.2) is 0 Å². The molecule has 1 aromatic carbocycles. The fourth-order valence-corrected chi connectivity index (χ4v) is 2.34. The van der Waals surface area contributed by atoms with Crippen LogP contribution in [0.25, 0.3) is 0 Å². The van der Waals surface area contributed by atoms with Crippen LogP contribution in [0.5, 0.6) is 0 Å². The van der Waals surface area contributed by atoms with E-state index in [0.29, 0.717) is 18.6 Å². The number of carbonyl (C=O) groups excluding carboxylic acids is 2. The van der Waals surface area contributed by atoms with Gasteiger partial charge in [-0.05, 0) is 18.4 Å². The molecular formula is C19H27NO6. The highest BCUT2D eigenvalue weighted by Crippen LogP contribution is 2.14. The monoisotopic (exact) mass is 365 g/mol. The third-order valence-corrected chi connectivity index (χ3v) is 3.79. The number of nitro benzene ring substituents is 1. The quantitative estimate of drug-likeness (QED) is 0.223. The molecule has 0 aliphatic carbocycles. The SMILES string of the molecule is CCCCCCCOC(=O)CCCC(=O)OCc1cccc([N+](=O)[O-])c1. The van der Waals surface area contributed by atoms with Crippen molar-refractivity contribution in [2.75, 3.05) is 6.61 Å². The Bertz CT molecular complexity index is 587. The van der Waals surface area contributed by atoms with Crippen LogP contribution in [0, 0.1) is 10.1 Å². The van der Waals surface area contributed by atoms with E-state index in [1.165, 1.54) is 25.0 Å². The van der Waals surface area contributed by atoms with E-state index in [1.54, 1.807) is 12.1 Å². The Labute approximate surface area is 153 Å². The molecule has 0 fully saturated rings. The number of carbonyl (C=O) groups is 2. The van der Waals surface area contributed by atoms with E-state index in [1.807, 2.05) is 0 Å². The molecule has 0 unspecified atom stereocenters. The van der Waals surface area contributed by atoms with Gasteiger partial charge >= 0.3 is 11.9 Å². The van der Waals surface area contributed by atoms with Gasteiger partial charge in [-0.15, -0.1) is 0 Å². The second kappa shape index (κ2) is 12.9. The molecule has 0 N–H and O–H groups in total. The molecule has 0 saturated heterocycles. The molecule has 144 valence electrons. The zero-order valence-electron chi connectivity index (χ0n) is 15.3. The summed E-state index contributed by atoms with van der Waals surface area (Å²) in [6, 6.07) is 5.93. The van der Waals surface area contributed by atoms with Crippen LogP contribution in [0.3, 0.4) is 0 Å². The highest BCUT2D eigenvalue weighted by atomic mass is 16.6. The van der Waals surface area contributed by atoms with Crippen LogP contribution in [0.4, 0.5) is 5.69 Å². The van der Waals surface area contributed by atoms with Gasteiger partial charge in [-0.3, -0.25) is 19.7 Å². The average Bonchev–Trinajstić information content (AvgIpc) is 2.63. The summed E-state index contributed by atoms with van der Waals surface area (Å²) in [6.45, 7) is 2.55. The summed E-state index contributed by atoms with van der Waals surface area (Å²) in [5.41, 5.74) is 0.506. The maximum absolute atomic E-state index is 11.7. The lowest BCUT2D eigenvalue weighted by Gasteiger charge is -2.06. The molecule has 0 aromatic heterocycles. The summed E-state index contributed by atoms with van der Waals surface area (Å²) in [6.07, 6.45) is 6.12. The summed E-state index contributed by atoms with van der Waals surface area (Å²) in [5, 5.41) is 10.7. The van der Waals surface area contributed by atoms with Crippen molar-refractivity contribution in [1.29, 1.82) is 0 Å². The lowest BCUT2D eigenvalue weighted by Crippen LogP contribution is -2.09. The Morgan fingerprint density at radius 1 is 1.00 bits per heavy atom. The largest absolute Gasteiger partial charge is 0.466 e. The Kier molecular flexibility index (Phi) is 10.7. The van der Waals surface area contributed by atoms with Crippen LogP contribution in [0.2, 0.25) is 0 Å². The summed E-state index contributed by atoms with van der Waals surface area (Å²) in [4.78, 5) is 33.4. The molecular weight excluding hydrogens is 338 g/mol. The third kappa shape index (κ3) is 9.76. The lowest BCUT2D eigenvalue weighted by molar-refractivity contribution is -0.384. The van der Waals surface area contributed by atoms with Crippen molar-refractivity contribution >= 4 is 17.6 Å². The van der Waals surface area contributed by atoms with E-state index >= 15 is 0 Å². The molecule has 0 saturated carbocycles. The second-order valence-electron chi connectivity index (χ2n) is 6.08. The van der Waals surface area contributed by atoms with Crippen molar-refractivity contribution in [2.24, 2.45) is 0 Å². The van der Waals surface area contributed by atoms with Crippen molar-refractivity contribution in [3.63, 3.8) is 0 Å². The van der Waals surface area contributed by atoms with Crippen molar-refractivity contribution in [3.05, 3.63) is 39.9 Å². The first kappa shape index (κ1) is 21.6. The average molecular weight is 365 g/mol. The molecule has 0 radical (unpaired) electrons.